The molecule has 0 N–H and O–H groups in total. The number of rotatable bonds is 4. The average molecular weight is 463 g/mol. The fourth-order valence-corrected chi connectivity index (χ4v) is 5.29. The molecule has 0 aliphatic rings. The zero-order chi connectivity index (χ0) is 24.2. The molecule has 0 saturated heterocycles. The number of hydrogen-bond donors (Lipinski definition) is 0. The minimum absolute atomic E-state index is 0.895. The van der Waals surface area contributed by atoms with Gasteiger partial charge in [0, 0.05) is 22.2 Å². The van der Waals surface area contributed by atoms with Crippen LogP contribution in [-0.2, 0) is 0 Å². The van der Waals surface area contributed by atoms with Gasteiger partial charge in [0.15, 0.2) is 0 Å². The van der Waals surface area contributed by atoms with Gasteiger partial charge in [0.05, 0.1) is 27.8 Å². The summed E-state index contributed by atoms with van der Waals surface area (Å²) in [5.74, 6) is 0.895. The Hall–Kier alpha value is -4.96. The maximum Gasteiger partial charge on any atom is 0.146 e. The first-order valence-corrected chi connectivity index (χ1v) is 11.9. The molecular weight excluding hydrogens is 440 g/mol. The lowest BCUT2D eigenvalue weighted by molar-refractivity contribution is 1.10. The van der Waals surface area contributed by atoms with Crippen molar-refractivity contribution in [2.75, 3.05) is 0 Å². The van der Waals surface area contributed by atoms with E-state index >= 15 is 0 Å². The van der Waals surface area contributed by atoms with Gasteiger partial charge in [-0.3, -0.25) is 8.97 Å². The molecule has 36 heavy (non-hydrogen) atoms. The largest absolute Gasteiger partial charge is 0.292 e. The molecule has 3 aromatic heterocycles. The molecule has 0 saturated carbocycles. The molecule has 0 unspecified atom stereocenters. The summed E-state index contributed by atoms with van der Waals surface area (Å²) < 4.78 is 4.41. The summed E-state index contributed by atoms with van der Waals surface area (Å²) in [6.07, 6.45) is 3.80. The average Bonchev–Trinajstić information content (AvgIpc) is 3.52. The summed E-state index contributed by atoms with van der Waals surface area (Å²) in [5.41, 5.74) is 9.07. The molecule has 0 bridgehead atoms. The smallest absolute Gasteiger partial charge is 0.146 e. The molecular formula is C32H22N4. The van der Waals surface area contributed by atoms with Gasteiger partial charge in [0.2, 0.25) is 0 Å². The first kappa shape index (κ1) is 20.4. The number of pyridine rings is 1. The zero-order valence-electron chi connectivity index (χ0n) is 19.6. The van der Waals surface area contributed by atoms with Gasteiger partial charge in [-0.1, -0.05) is 73.8 Å². The molecule has 170 valence electrons. The minimum atomic E-state index is 0.895. The third-order valence-electron chi connectivity index (χ3n) is 6.86. The summed E-state index contributed by atoms with van der Waals surface area (Å²) in [6, 6.07) is 33.3. The fourth-order valence-electron chi connectivity index (χ4n) is 5.29. The van der Waals surface area contributed by atoms with Gasteiger partial charge in [0.1, 0.15) is 11.5 Å². The molecule has 3 heterocycles. The van der Waals surface area contributed by atoms with Crippen LogP contribution < -0.4 is 0 Å². The van der Waals surface area contributed by atoms with Gasteiger partial charge < -0.3 is 0 Å². The number of hydrogen-bond acceptors (Lipinski definition) is 2. The van der Waals surface area contributed by atoms with E-state index in [-0.39, 0.29) is 0 Å². The maximum absolute atomic E-state index is 5.06. The normalized spacial score (nSPS) is 11.6. The van der Waals surface area contributed by atoms with Gasteiger partial charge in [-0.05, 0) is 53.9 Å². The minimum Gasteiger partial charge on any atom is -0.292 e. The van der Waals surface area contributed by atoms with Gasteiger partial charge in [-0.15, -0.1) is 0 Å². The van der Waals surface area contributed by atoms with Crippen LogP contribution in [0.25, 0.3) is 67.7 Å². The number of aromatic nitrogens is 4. The highest BCUT2D eigenvalue weighted by Crippen LogP contribution is 2.36. The van der Waals surface area contributed by atoms with E-state index in [2.05, 4.69) is 88.9 Å². The molecule has 0 fully saturated rings. The Kier molecular flexibility index (Phi) is 4.42. The quantitative estimate of drug-likeness (QED) is 0.266. The van der Waals surface area contributed by atoms with E-state index in [4.69, 9.17) is 9.97 Å². The van der Waals surface area contributed by atoms with Crippen molar-refractivity contribution in [1.29, 1.82) is 0 Å². The molecule has 0 spiro atoms. The van der Waals surface area contributed by atoms with Crippen LogP contribution in [0.15, 0.2) is 110 Å². The Balaban J connectivity index is 1.61. The molecule has 0 radical (unpaired) electrons. The van der Waals surface area contributed by atoms with Crippen molar-refractivity contribution in [3.05, 3.63) is 121 Å². The summed E-state index contributed by atoms with van der Waals surface area (Å²) in [4.78, 5) is 10.1. The molecule has 4 aromatic carbocycles. The lowest BCUT2D eigenvalue weighted by atomic mass is 10.0. The van der Waals surface area contributed by atoms with Crippen LogP contribution in [-0.4, -0.2) is 18.9 Å². The Morgan fingerprint density at radius 3 is 2.08 bits per heavy atom. The van der Waals surface area contributed by atoms with Crippen LogP contribution >= 0.6 is 0 Å². The second-order valence-corrected chi connectivity index (χ2v) is 8.82. The maximum atomic E-state index is 5.06. The molecule has 0 aliphatic carbocycles. The highest BCUT2D eigenvalue weighted by molar-refractivity contribution is 6.06. The third kappa shape index (κ3) is 2.82. The molecule has 7 rings (SSSR count). The predicted molar refractivity (Wildman–Crippen MR) is 150 cm³/mol. The highest BCUT2D eigenvalue weighted by Gasteiger charge is 2.19. The van der Waals surface area contributed by atoms with E-state index in [0.29, 0.717) is 0 Å². The van der Waals surface area contributed by atoms with Crippen LogP contribution in [0.1, 0.15) is 11.3 Å². The van der Waals surface area contributed by atoms with Gasteiger partial charge in [-0.2, -0.15) is 0 Å². The van der Waals surface area contributed by atoms with Crippen molar-refractivity contribution in [1.82, 2.24) is 18.9 Å². The second kappa shape index (κ2) is 7.79. The Bertz CT molecular complexity index is 1970. The Morgan fingerprint density at radius 2 is 1.33 bits per heavy atom. The van der Waals surface area contributed by atoms with E-state index in [1.54, 1.807) is 0 Å². The van der Waals surface area contributed by atoms with Crippen molar-refractivity contribution in [2.45, 2.75) is 0 Å². The molecule has 0 aliphatic heterocycles. The van der Waals surface area contributed by atoms with E-state index in [0.717, 1.165) is 66.8 Å². The van der Waals surface area contributed by atoms with Crippen LogP contribution in [0.3, 0.4) is 0 Å². The molecule has 0 atom stereocenters. The molecule has 0 amide bonds. The van der Waals surface area contributed by atoms with Crippen molar-refractivity contribution < 1.29 is 0 Å². The van der Waals surface area contributed by atoms with Gasteiger partial charge >= 0.3 is 0 Å². The SMILES string of the molecule is C=Cc1c(C=C)n2c3ccccc3nc2c2cc(-c3nc4ccccc4n3-c3ccccc3)ccc12. The second-order valence-electron chi connectivity index (χ2n) is 8.82. The molecule has 7 aromatic rings. The van der Waals surface area contributed by atoms with E-state index < -0.39 is 0 Å². The van der Waals surface area contributed by atoms with E-state index in [1.165, 1.54) is 0 Å². The number of fused-ring (bicyclic) bond motifs is 6. The fraction of sp³-hybridized carbons (Fsp3) is 0. The van der Waals surface area contributed by atoms with Gasteiger partial charge in [0.25, 0.3) is 0 Å². The number of benzene rings is 4. The Labute approximate surface area is 208 Å². The first-order chi connectivity index (χ1) is 17.8. The lowest BCUT2D eigenvalue weighted by Gasteiger charge is -2.14. The molecule has 4 nitrogen and oxygen atoms in total. The van der Waals surface area contributed by atoms with Crippen molar-refractivity contribution in [3.8, 4) is 17.1 Å². The Morgan fingerprint density at radius 1 is 0.639 bits per heavy atom. The molecule has 4 heteroatoms. The van der Waals surface area contributed by atoms with Crippen LogP contribution in [0.4, 0.5) is 0 Å². The third-order valence-corrected chi connectivity index (χ3v) is 6.86. The first-order valence-electron chi connectivity index (χ1n) is 11.9. The summed E-state index contributed by atoms with van der Waals surface area (Å²) >= 11 is 0. The zero-order valence-corrected chi connectivity index (χ0v) is 19.6. The summed E-state index contributed by atoms with van der Waals surface area (Å²) in [6.45, 7) is 8.23. The van der Waals surface area contributed by atoms with Crippen molar-refractivity contribution in [3.63, 3.8) is 0 Å². The van der Waals surface area contributed by atoms with E-state index in [1.807, 2.05) is 42.5 Å². The number of imidazole rings is 2. The van der Waals surface area contributed by atoms with Crippen LogP contribution in [0, 0.1) is 0 Å². The van der Waals surface area contributed by atoms with E-state index in [9.17, 15) is 0 Å². The van der Waals surface area contributed by atoms with Gasteiger partial charge in [-0.25, -0.2) is 9.97 Å². The highest BCUT2D eigenvalue weighted by atomic mass is 15.1. The summed E-state index contributed by atoms with van der Waals surface area (Å²) in [7, 11) is 0. The lowest BCUT2D eigenvalue weighted by Crippen LogP contribution is -1.99. The predicted octanol–water partition coefficient (Wildman–Crippen LogP) is 7.93. The van der Waals surface area contributed by atoms with Crippen LogP contribution in [0.2, 0.25) is 0 Å². The monoisotopic (exact) mass is 462 g/mol. The summed E-state index contributed by atoms with van der Waals surface area (Å²) in [5, 5.41) is 2.14. The van der Waals surface area contributed by atoms with Crippen LogP contribution in [0.5, 0.6) is 0 Å². The van der Waals surface area contributed by atoms with Crippen molar-refractivity contribution >= 4 is 50.6 Å². The number of para-hydroxylation sites is 5. The topological polar surface area (TPSA) is 35.1 Å². The van der Waals surface area contributed by atoms with Crippen molar-refractivity contribution in [2.24, 2.45) is 0 Å². The number of nitrogens with zero attached hydrogens (tertiary/aromatic N) is 4. The standard InChI is InChI=1S/C32H22N4/c1-3-23-24-19-18-21(20-25(24)32-34-27-15-9-11-17-30(27)36(32)28(23)4-2)31-33-26-14-8-10-16-29(26)35(31)22-12-6-5-7-13-22/h3-20H,1-2H2.